The van der Waals surface area contributed by atoms with Gasteiger partial charge in [0.1, 0.15) is 5.82 Å². The third kappa shape index (κ3) is 3.78. The first-order valence-electron chi connectivity index (χ1n) is 6.44. The molecule has 0 amide bonds. The summed E-state index contributed by atoms with van der Waals surface area (Å²) >= 11 is 6.77. The smallest absolute Gasteiger partial charge is 0.128 e. The molecule has 1 aromatic carbocycles. The van der Waals surface area contributed by atoms with E-state index in [4.69, 9.17) is 0 Å². The predicted molar refractivity (Wildman–Crippen MR) is 80.6 cm³/mol. The zero-order valence-electron chi connectivity index (χ0n) is 10.3. The van der Waals surface area contributed by atoms with Crippen LogP contribution in [0.5, 0.6) is 0 Å². The molecular weight excluding hydrogens is 361 g/mol. The summed E-state index contributed by atoms with van der Waals surface area (Å²) in [7, 11) is 0. The van der Waals surface area contributed by atoms with Gasteiger partial charge in [-0.25, -0.2) is 4.39 Å². The topological polar surface area (TPSA) is 3.24 Å². The van der Waals surface area contributed by atoms with E-state index in [1.54, 1.807) is 6.07 Å². The molecule has 0 radical (unpaired) electrons. The van der Waals surface area contributed by atoms with Crippen LogP contribution in [-0.2, 0) is 6.54 Å². The highest BCUT2D eigenvalue weighted by Crippen LogP contribution is 2.27. The van der Waals surface area contributed by atoms with Crippen LogP contribution in [-0.4, -0.2) is 22.8 Å². The van der Waals surface area contributed by atoms with E-state index in [-0.39, 0.29) is 5.82 Å². The number of hydrogen-bond acceptors (Lipinski definition) is 1. The zero-order chi connectivity index (χ0) is 13.0. The molecule has 100 valence electrons. The van der Waals surface area contributed by atoms with Crippen molar-refractivity contribution in [2.75, 3.05) is 11.9 Å². The fourth-order valence-corrected chi connectivity index (χ4v) is 2.86. The summed E-state index contributed by atoms with van der Waals surface area (Å²) in [6.07, 6.45) is 4.97. The van der Waals surface area contributed by atoms with Crippen LogP contribution in [0.3, 0.4) is 0 Å². The first-order valence-corrected chi connectivity index (χ1v) is 8.36. The molecule has 1 nitrogen and oxygen atoms in total. The minimum Gasteiger partial charge on any atom is -0.296 e. The maximum absolute atomic E-state index is 13.9. The number of halogens is 3. The Morgan fingerprint density at radius 2 is 2.11 bits per heavy atom. The SMILES string of the molecule is Fc1cc(Br)ccc1CN(CCCBr)C1CCC1. The van der Waals surface area contributed by atoms with Gasteiger partial charge in [-0.2, -0.15) is 0 Å². The van der Waals surface area contributed by atoms with Crippen LogP contribution in [0.25, 0.3) is 0 Å². The van der Waals surface area contributed by atoms with E-state index >= 15 is 0 Å². The van der Waals surface area contributed by atoms with Crippen LogP contribution in [0.2, 0.25) is 0 Å². The molecule has 0 spiro atoms. The molecule has 0 unspecified atom stereocenters. The second-order valence-corrected chi connectivity index (χ2v) is 6.54. The highest BCUT2D eigenvalue weighted by Gasteiger charge is 2.25. The van der Waals surface area contributed by atoms with Crippen molar-refractivity contribution >= 4 is 31.9 Å². The molecule has 1 fully saturated rings. The molecule has 0 aliphatic heterocycles. The standard InChI is InChI=1S/C14H18Br2FN/c15-7-2-8-18(13-3-1-4-13)10-11-5-6-12(16)9-14(11)17/h5-6,9,13H,1-4,7-8,10H2. The van der Waals surface area contributed by atoms with E-state index in [0.29, 0.717) is 6.04 Å². The number of alkyl halides is 1. The van der Waals surface area contributed by atoms with E-state index in [2.05, 4.69) is 36.8 Å². The highest BCUT2D eigenvalue weighted by atomic mass is 79.9. The van der Waals surface area contributed by atoms with E-state index < -0.39 is 0 Å². The van der Waals surface area contributed by atoms with Gasteiger partial charge in [-0.05, 0) is 37.9 Å². The van der Waals surface area contributed by atoms with Gasteiger partial charge in [-0.15, -0.1) is 0 Å². The molecule has 1 saturated carbocycles. The summed E-state index contributed by atoms with van der Waals surface area (Å²) in [4.78, 5) is 2.43. The number of hydrogen-bond donors (Lipinski definition) is 0. The van der Waals surface area contributed by atoms with Crippen LogP contribution in [0.1, 0.15) is 31.2 Å². The van der Waals surface area contributed by atoms with Gasteiger partial charge >= 0.3 is 0 Å². The van der Waals surface area contributed by atoms with Gasteiger partial charge in [-0.1, -0.05) is 44.3 Å². The van der Waals surface area contributed by atoms with Crippen LogP contribution in [0.15, 0.2) is 22.7 Å². The summed E-state index contributed by atoms with van der Waals surface area (Å²) in [5.41, 5.74) is 0.805. The summed E-state index contributed by atoms with van der Waals surface area (Å²) < 4.78 is 14.7. The molecular formula is C14H18Br2FN. The lowest BCUT2D eigenvalue weighted by Crippen LogP contribution is -2.40. The van der Waals surface area contributed by atoms with Gasteiger partial charge in [0, 0.05) is 28.0 Å². The van der Waals surface area contributed by atoms with Gasteiger partial charge in [-0.3, -0.25) is 4.90 Å². The quantitative estimate of drug-likeness (QED) is 0.647. The summed E-state index contributed by atoms with van der Waals surface area (Å²) in [5.74, 6) is -0.104. The fraction of sp³-hybridized carbons (Fsp3) is 0.571. The Bertz CT molecular complexity index is 393. The Balaban J connectivity index is 2.02. The third-order valence-electron chi connectivity index (χ3n) is 3.56. The van der Waals surface area contributed by atoms with E-state index in [9.17, 15) is 4.39 Å². The minimum atomic E-state index is -0.104. The van der Waals surface area contributed by atoms with Gasteiger partial charge < -0.3 is 0 Å². The Labute approximate surface area is 125 Å². The van der Waals surface area contributed by atoms with Crippen molar-refractivity contribution in [3.63, 3.8) is 0 Å². The molecule has 1 aliphatic carbocycles. The first-order chi connectivity index (χ1) is 8.70. The molecule has 18 heavy (non-hydrogen) atoms. The van der Waals surface area contributed by atoms with Gasteiger partial charge in [0.2, 0.25) is 0 Å². The second-order valence-electron chi connectivity index (χ2n) is 4.83. The third-order valence-corrected chi connectivity index (χ3v) is 4.61. The van der Waals surface area contributed by atoms with Gasteiger partial charge in [0.25, 0.3) is 0 Å². The molecule has 0 atom stereocenters. The molecule has 0 aromatic heterocycles. The number of rotatable bonds is 6. The average molecular weight is 379 g/mol. The summed E-state index contributed by atoms with van der Waals surface area (Å²) in [6.45, 7) is 1.78. The molecule has 0 bridgehead atoms. The van der Waals surface area contributed by atoms with E-state index in [0.717, 1.165) is 34.9 Å². The molecule has 2 rings (SSSR count). The normalized spacial score (nSPS) is 16.0. The van der Waals surface area contributed by atoms with Gasteiger partial charge in [0.05, 0.1) is 0 Å². The van der Waals surface area contributed by atoms with Crippen molar-refractivity contribution in [2.45, 2.75) is 38.3 Å². The zero-order valence-corrected chi connectivity index (χ0v) is 13.5. The van der Waals surface area contributed by atoms with Crippen molar-refractivity contribution in [1.29, 1.82) is 0 Å². The average Bonchev–Trinajstić information content (AvgIpc) is 2.27. The Hall–Kier alpha value is 0.0700. The molecule has 0 N–H and O–H groups in total. The lowest BCUT2D eigenvalue weighted by atomic mass is 9.91. The second kappa shape index (κ2) is 7.01. The van der Waals surface area contributed by atoms with Crippen molar-refractivity contribution in [2.24, 2.45) is 0 Å². The minimum absolute atomic E-state index is 0.104. The van der Waals surface area contributed by atoms with Crippen LogP contribution < -0.4 is 0 Å². The molecule has 1 aliphatic rings. The summed E-state index contributed by atoms with van der Waals surface area (Å²) in [5, 5.41) is 1.01. The summed E-state index contributed by atoms with van der Waals surface area (Å²) in [6, 6.07) is 6.02. The first kappa shape index (κ1) is 14.5. The number of benzene rings is 1. The van der Waals surface area contributed by atoms with E-state index in [1.807, 2.05) is 12.1 Å². The highest BCUT2D eigenvalue weighted by molar-refractivity contribution is 9.10. The van der Waals surface area contributed by atoms with Crippen molar-refractivity contribution in [1.82, 2.24) is 4.90 Å². The van der Waals surface area contributed by atoms with E-state index in [1.165, 1.54) is 19.3 Å². The molecule has 0 saturated heterocycles. The van der Waals surface area contributed by atoms with Gasteiger partial charge in [0.15, 0.2) is 0 Å². The Morgan fingerprint density at radius 3 is 2.67 bits per heavy atom. The maximum Gasteiger partial charge on any atom is 0.128 e. The maximum atomic E-state index is 13.9. The lowest BCUT2D eigenvalue weighted by molar-refractivity contribution is 0.118. The monoisotopic (exact) mass is 377 g/mol. The Kier molecular flexibility index (Phi) is 5.64. The van der Waals surface area contributed by atoms with Crippen molar-refractivity contribution in [3.05, 3.63) is 34.1 Å². The Morgan fingerprint density at radius 1 is 1.33 bits per heavy atom. The van der Waals surface area contributed by atoms with Crippen molar-refractivity contribution < 1.29 is 4.39 Å². The van der Waals surface area contributed by atoms with Crippen molar-refractivity contribution in [3.8, 4) is 0 Å². The molecule has 4 heteroatoms. The van der Waals surface area contributed by atoms with Crippen LogP contribution in [0, 0.1) is 5.82 Å². The van der Waals surface area contributed by atoms with Crippen LogP contribution >= 0.6 is 31.9 Å². The predicted octanol–water partition coefficient (Wildman–Crippen LogP) is 4.73. The molecule has 0 heterocycles. The lowest BCUT2D eigenvalue weighted by Gasteiger charge is -2.37. The van der Waals surface area contributed by atoms with Crippen LogP contribution in [0.4, 0.5) is 4.39 Å². The molecule has 1 aromatic rings. The number of nitrogens with zero attached hydrogens (tertiary/aromatic N) is 1. The largest absolute Gasteiger partial charge is 0.296 e. The fourth-order valence-electron chi connectivity index (χ4n) is 2.27.